The third-order valence-corrected chi connectivity index (χ3v) is 0.963. The van der Waals surface area contributed by atoms with Gasteiger partial charge in [0.25, 0.3) is 17.9 Å². The van der Waals surface area contributed by atoms with Crippen molar-refractivity contribution in [3.63, 3.8) is 0 Å². The molecule has 0 aliphatic heterocycles. The van der Waals surface area contributed by atoms with E-state index in [1.807, 2.05) is 0 Å². The van der Waals surface area contributed by atoms with E-state index in [0.717, 1.165) is 20.8 Å². The molecule has 0 aromatic rings. The fourth-order valence-corrected chi connectivity index (χ4v) is 0.586. The van der Waals surface area contributed by atoms with E-state index in [4.69, 9.17) is 11.8 Å². The number of hydrogen-bond donors (Lipinski definition) is 0. The van der Waals surface area contributed by atoms with E-state index in [9.17, 15) is 14.4 Å². The maximum absolute atomic E-state index is 10.4. The van der Waals surface area contributed by atoms with E-state index in [1.165, 1.54) is 0 Å². The first kappa shape index (κ1) is 36.9. The molecule has 19 heavy (non-hydrogen) atoms. The number of hydrogen-bond acceptors (Lipinski definition) is 7. The van der Waals surface area contributed by atoms with Crippen LogP contribution in [-0.4, -0.2) is 33.6 Å². The zero-order valence-corrected chi connectivity index (χ0v) is 17.6. The summed E-state index contributed by atoms with van der Waals surface area (Å²) in [6.45, 7) is 8.10. The zero-order valence-electron chi connectivity index (χ0n) is 11.6. The molecular formula is C7H14B2NNa3O6. The van der Waals surface area contributed by atoms with Gasteiger partial charge in [0.1, 0.15) is 0 Å². The fourth-order valence-electron chi connectivity index (χ4n) is 0.586. The van der Waals surface area contributed by atoms with Gasteiger partial charge in [-0.3, -0.25) is 14.4 Å². The quantitative estimate of drug-likeness (QED) is 0.376. The molecule has 0 amide bonds. The molecule has 0 aliphatic rings. The summed E-state index contributed by atoms with van der Waals surface area (Å²) in [4.78, 5) is 31.3. The third-order valence-electron chi connectivity index (χ3n) is 0.963. The largest absolute Gasteiger partial charge is 1.00 e. The molecule has 0 N–H and O–H groups in total. The summed E-state index contributed by atoms with van der Waals surface area (Å²) in [5, 5.41) is 6.25. The molecule has 0 aromatic heterocycles. The van der Waals surface area contributed by atoms with Crippen molar-refractivity contribution in [2.24, 2.45) is 0 Å². The van der Waals surface area contributed by atoms with Crippen molar-refractivity contribution >= 4 is 33.6 Å². The Hall–Kier alpha value is 1.03. The van der Waals surface area contributed by atoms with E-state index in [1.54, 1.807) is 0 Å². The van der Waals surface area contributed by atoms with Gasteiger partial charge in [-0.2, -0.15) is 0 Å². The molecule has 0 rings (SSSR count). The molecule has 12 heteroatoms. The molecule has 0 unspecified atom stereocenters. The Morgan fingerprint density at radius 1 is 0.789 bits per heavy atom. The van der Waals surface area contributed by atoms with Crippen molar-refractivity contribution in [2.75, 3.05) is 0 Å². The molecule has 0 bridgehead atoms. The van der Waals surface area contributed by atoms with Gasteiger partial charge in [-0.1, -0.05) is 8.41 Å². The van der Waals surface area contributed by atoms with Gasteiger partial charge in [-0.15, -0.1) is 0 Å². The van der Waals surface area contributed by atoms with Crippen molar-refractivity contribution in [3.05, 3.63) is 6.57 Å². The minimum Gasteiger partial charge on any atom is -0.625 e. The minimum absolute atomic E-state index is 0. The molecule has 0 saturated carbocycles. The average molecular weight is 299 g/mol. The van der Waals surface area contributed by atoms with Crippen LogP contribution in [0.1, 0.15) is 20.8 Å². The molecule has 7 nitrogen and oxygen atoms in total. The molecule has 0 radical (unpaired) electrons. The third kappa shape index (κ3) is 32.5. The van der Waals surface area contributed by atoms with Crippen LogP contribution in [0.5, 0.6) is 0 Å². The van der Waals surface area contributed by atoms with Crippen LogP contribution in [0.3, 0.4) is 0 Å². The minimum atomic E-state index is -2.41. The van der Waals surface area contributed by atoms with E-state index >= 15 is 0 Å². The molecule has 0 fully saturated rings. The molecule has 0 heterocycles. The summed E-state index contributed by atoms with van der Waals surface area (Å²) >= 11 is 0. The van der Waals surface area contributed by atoms with E-state index in [2.05, 4.69) is 14.0 Å². The number of nitrogens with zero attached hydrogens (tertiary/aromatic N) is 1. The van der Waals surface area contributed by atoms with Crippen LogP contribution in [0.25, 0.3) is 0 Å². The number of carbonyl (C=O) groups excluding carboxylic acids is 3. The van der Waals surface area contributed by atoms with Gasteiger partial charge in [-0.25, -0.2) is 0 Å². The van der Waals surface area contributed by atoms with Crippen molar-refractivity contribution in [1.82, 2.24) is 0 Å². The zero-order chi connectivity index (χ0) is 12.4. The smallest absolute Gasteiger partial charge is 0.625 e. The number of rotatable bonds is 3. The van der Waals surface area contributed by atoms with Crippen molar-refractivity contribution in [3.8, 4) is 0 Å². The fraction of sp³-hybridized carbons (Fsp3) is 0.429. The van der Waals surface area contributed by atoms with Crippen LogP contribution in [0.4, 0.5) is 0 Å². The summed E-state index contributed by atoms with van der Waals surface area (Å²) in [5.74, 6) is -2.03. The van der Waals surface area contributed by atoms with Gasteiger partial charge in [0.05, 0.1) is 0 Å². The second kappa shape index (κ2) is 24.1. The van der Waals surface area contributed by atoms with E-state index in [0.29, 0.717) is 0 Å². The maximum Gasteiger partial charge on any atom is 1.00 e. The van der Waals surface area contributed by atoms with Gasteiger partial charge in [0, 0.05) is 20.8 Å². The Balaban J connectivity index is -0.0000000669. The number of carbonyl (C=O) groups is 3. The van der Waals surface area contributed by atoms with Gasteiger partial charge in [0.2, 0.25) is 0 Å². The maximum atomic E-state index is 10.4. The van der Waals surface area contributed by atoms with Crippen LogP contribution >= 0.6 is 0 Å². The second-order valence-electron chi connectivity index (χ2n) is 2.26. The molecule has 92 valence electrons. The molecule has 0 atom stereocenters. The molecule has 0 aliphatic carbocycles. The van der Waals surface area contributed by atoms with Gasteiger partial charge >= 0.3 is 96.0 Å². The monoisotopic (exact) mass is 299 g/mol. The van der Waals surface area contributed by atoms with Crippen LogP contribution in [0.15, 0.2) is 0 Å². The Kier molecular flexibility index (Phi) is 46.7. The average Bonchev–Trinajstić information content (AvgIpc) is 2.03. The van der Waals surface area contributed by atoms with E-state index in [-0.39, 0.29) is 97.1 Å². The molecule has 0 spiro atoms. The summed E-state index contributed by atoms with van der Waals surface area (Å²) in [6.07, 6.45) is 0. The Morgan fingerprint density at radius 2 is 0.947 bits per heavy atom. The summed E-state index contributed by atoms with van der Waals surface area (Å²) in [6, 6.07) is 0. The van der Waals surface area contributed by atoms with Gasteiger partial charge in [-0.05, 0) is 0 Å². The van der Waals surface area contributed by atoms with Crippen LogP contribution < -0.4 is 88.7 Å². The standard InChI is InChI=1S/C6H10BO6.CN.BH4.3Na/c1-4(8)11-7(12-5(2)9)13-6(3)10;1-2;;;;/h7H,1-3H3;;1H4;;;/q3*-1;3*+1. The van der Waals surface area contributed by atoms with Gasteiger partial charge in [0.15, 0.2) is 0 Å². The van der Waals surface area contributed by atoms with Crippen molar-refractivity contribution < 1.29 is 117 Å². The van der Waals surface area contributed by atoms with Crippen molar-refractivity contribution in [1.29, 1.82) is 5.26 Å². The molecular weight excluding hydrogens is 285 g/mol. The van der Waals surface area contributed by atoms with Crippen LogP contribution in [0, 0.1) is 11.8 Å². The topological polar surface area (TPSA) is 103 Å². The molecule has 0 saturated heterocycles. The van der Waals surface area contributed by atoms with Gasteiger partial charge < -0.3 is 25.8 Å². The Labute approximate surface area is 181 Å². The summed E-state index contributed by atoms with van der Waals surface area (Å²) < 4.78 is 13.3. The SMILES string of the molecule is CC(=O)O[BH-](OC(C)=O)OC(C)=O.[BH4-].[C-]#N.[Na+].[Na+].[Na+]. The first-order chi connectivity index (χ1) is 6.91. The Morgan fingerprint density at radius 3 is 1.05 bits per heavy atom. The van der Waals surface area contributed by atoms with E-state index < -0.39 is 25.2 Å². The first-order valence-electron chi connectivity index (χ1n) is 3.81. The molecule has 0 aromatic carbocycles. The normalized spacial score (nSPS) is 6.42. The first-order valence-corrected chi connectivity index (χ1v) is 3.81. The Bertz CT molecular complexity index is 241. The predicted octanol–water partition coefficient (Wildman–Crippen LogP) is -11.0. The van der Waals surface area contributed by atoms with Crippen LogP contribution in [0.2, 0.25) is 0 Å². The summed E-state index contributed by atoms with van der Waals surface area (Å²) in [5.41, 5.74) is 0. The second-order valence-corrected chi connectivity index (χ2v) is 2.26. The predicted molar refractivity (Wildman–Crippen MR) is 58.7 cm³/mol. The van der Waals surface area contributed by atoms with Crippen LogP contribution in [-0.2, 0) is 28.3 Å². The van der Waals surface area contributed by atoms with Crippen molar-refractivity contribution in [2.45, 2.75) is 20.8 Å². The summed E-state index contributed by atoms with van der Waals surface area (Å²) in [7, 11) is -2.41.